The molecule has 1 aliphatic heterocycles. The Morgan fingerprint density at radius 3 is 1.78 bits per heavy atom. The van der Waals surface area contributed by atoms with Gasteiger partial charge in [0, 0.05) is 6.04 Å². The Balaban J connectivity index is 2.54. The molecular weight excluding hydrogens is 114 g/mol. The van der Waals surface area contributed by atoms with Crippen molar-refractivity contribution >= 4 is 0 Å². The maximum Gasteiger partial charge on any atom is 0.0705 e. The Bertz CT molecular complexity index is 93.1. The molecular formula is C7H15NO. The van der Waals surface area contributed by atoms with E-state index in [1.54, 1.807) is 0 Å². The van der Waals surface area contributed by atoms with Crippen LogP contribution < -0.4 is 5.73 Å². The first-order valence-electron chi connectivity index (χ1n) is 3.54. The average molecular weight is 129 g/mol. The van der Waals surface area contributed by atoms with Crippen molar-refractivity contribution in [3.8, 4) is 0 Å². The van der Waals surface area contributed by atoms with Crippen LogP contribution in [0.5, 0.6) is 0 Å². The molecule has 0 bridgehead atoms. The molecule has 4 unspecified atom stereocenters. The van der Waals surface area contributed by atoms with E-state index in [2.05, 4.69) is 13.8 Å². The minimum absolute atomic E-state index is 0.236. The van der Waals surface area contributed by atoms with E-state index in [0.717, 1.165) is 0 Å². The normalized spacial score (nSPS) is 52.0. The van der Waals surface area contributed by atoms with E-state index in [4.69, 9.17) is 10.5 Å². The van der Waals surface area contributed by atoms with E-state index in [1.165, 1.54) is 0 Å². The number of hydrogen-bond acceptors (Lipinski definition) is 2. The summed E-state index contributed by atoms with van der Waals surface area (Å²) in [6.07, 6.45) is 0.588. The van der Waals surface area contributed by atoms with Gasteiger partial charge in [0.1, 0.15) is 0 Å². The van der Waals surface area contributed by atoms with Gasteiger partial charge in [-0.05, 0) is 19.8 Å². The van der Waals surface area contributed by atoms with Crippen LogP contribution in [-0.2, 0) is 4.74 Å². The molecule has 0 aromatic heterocycles. The Morgan fingerprint density at radius 1 is 1.11 bits per heavy atom. The summed E-state index contributed by atoms with van der Waals surface area (Å²) in [7, 11) is 0. The number of nitrogens with two attached hydrogens (primary N) is 1. The smallest absolute Gasteiger partial charge is 0.0705 e. The Hall–Kier alpha value is -0.0800. The van der Waals surface area contributed by atoms with Gasteiger partial charge in [0.2, 0.25) is 0 Å². The Kier molecular flexibility index (Phi) is 1.78. The molecule has 0 aromatic rings. The molecule has 2 nitrogen and oxygen atoms in total. The van der Waals surface area contributed by atoms with Crippen molar-refractivity contribution in [2.45, 2.75) is 39.0 Å². The van der Waals surface area contributed by atoms with Crippen molar-refractivity contribution in [3.05, 3.63) is 0 Å². The molecule has 9 heavy (non-hydrogen) atoms. The first-order chi connectivity index (χ1) is 4.13. The lowest BCUT2D eigenvalue weighted by molar-refractivity contribution is 0.0559. The van der Waals surface area contributed by atoms with Gasteiger partial charge >= 0.3 is 0 Å². The maximum absolute atomic E-state index is 5.79. The fourth-order valence-electron chi connectivity index (χ4n) is 1.29. The van der Waals surface area contributed by atoms with Crippen LogP contribution in [0.2, 0.25) is 0 Å². The minimum atomic E-state index is 0.236. The first kappa shape index (κ1) is 7.03. The van der Waals surface area contributed by atoms with Crippen LogP contribution >= 0.6 is 0 Å². The summed E-state index contributed by atoms with van der Waals surface area (Å²) in [4.78, 5) is 0. The van der Waals surface area contributed by atoms with Crippen LogP contribution in [0, 0.1) is 5.92 Å². The van der Waals surface area contributed by atoms with E-state index >= 15 is 0 Å². The minimum Gasteiger partial charge on any atom is -0.374 e. The van der Waals surface area contributed by atoms with Crippen LogP contribution in [0.3, 0.4) is 0 Å². The second-order valence-electron chi connectivity index (χ2n) is 2.98. The van der Waals surface area contributed by atoms with Crippen LogP contribution in [0.4, 0.5) is 0 Å². The molecule has 0 aromatic carbocycles. The molecule has 0 saturated carbocycles. The Labute approximate surface area is 56.4 Å². The second-order valence-corrected chi connectivity index (χ2v) is 2.98. The topological polar surface area (TPSA) is 35.2 Å². The lowest BCUT2D eigenvalue weighted by Gasteiger charge is -2.10. The third-order valence-corrected chi connectivity index (χ3v) is 2.32. The van der Waals surface area contributed by atoms with Gasteiger partial charge in [-0.3, -0.25) is 0 Å². The first-order valence-corrected chi connectivity index (χ1v) is 3.54. The molecule has 0 spiro atoms. The molecule has 1 rings (SSSR count). The van der Waals surface area contributed by atoms with Crippen molar-refractivity contribution in [3.63, 3.8) is 0 Å². The Morgan fingerprint density at radius 2 is 1.67 bits per heavy atom. The van der Waals surface area contributed by atoms with Crippen LogP contribution in [0.15, 0.2) is 0 Å². The number of hydrogen-bond donors (Lipinski definition) is 1. The monoisotopic (exact) mass is 129 g/mol. The van der Waals surface area contributed by atoms with Crippen molar-refractivity contribution in [1.82, 2.24) is 0 Å². The highest BCUT2D eigenvalue weighted by atomic mass is 16.5. The van der Waals surface area contributed by atoms with Crippen molar-refractivity contribution < 1.29 is 4.74 Å². The molecule has 0 amide bonds. The summed E-state index contributed by atoms with van der Waals surface area (Å²) in [5, 5.41) is 0. The van der Waals surface area contributed by atoms with Crippen molar-refractivity contribution in [2.24, 2.45) is 11.7 Å². The lowest BCUT2D eigenvalue weighted by atomic mass is 9.98. The molecule has 1 saturated heterocycles. The zero-order valence-electron chi connectivity index (χ0n) is 6.29. The molecule has 4 atom stereocenters. The van der Waals surface area contributed by atoms with Gasteiger partial charge in [0.25, 0.3) is 0 Å². The van der Waals surface area contributed by atoms with E-state index in [0.29, 0.717) is 12.0 Å². The van der Waals surface area contributed by atoms with Crippen LogP contribution in [-0.4, -0.2) is 18.2 Å². The summed E-state index contributed by atoms with van der Waals surface area (Å²) in [6, 6.07) is 0.236. The molecule has 1 fully saturated rings. The third-order valence-electron chi connectivity index (χ3n) is 2.32. The summed E-state index contributed by atoms with van der Waals surface area (Å²) >= 11 is 0. The number of ether oxygens (including phenoxy) is 1. The molecule has 1 aliphatic rings. The average Bonchev–Trinajstić information content (AvgIpc) is 1.98. The largest absolute Gasteiger partial charge is 0.374 e. The van der Waals surface area contributed by atoms with E-state index in [9.17, 15) is 0 Å². The van der Waals surface area contributed by atoms with Gasteiger partial charge in [0.15, 0.2) is 0 Å². The zero-order valence-corrected chi connectivity index (χ0v) is 6.29. The van der Waals surface area contributed by atoms with E-state index < -0.39 is 0 Å². The molecule has 54 valence electrons. The van der Waals surface area contributed by atoms with Crippen LogP contribution in [0.25, 0.3) is 0 Å². The van der Waals surface area contributed by atoms with Crippen molar-refractivity contribution in [2.75, 3.05) is 0 Å². The molecule has 0 aliphatic carbocycles. The van der Waals surface area contributed by atoms with Gasteiger partial charge in [-0.25, -0.2) is 0 Å². The SMILES string of the molecule is CC1OC(C)C(N)C1C. The van der Waals surface area contributed by atoms with Gasteiger partial charge < -0.3 is 10.5 Å². The molecule has 2 heteroatoms. The van der Waals surface area contributed by atoms with Gasteiger partial charge in [-0.15, -0.1) is 0 Å². The highest BCUT2D eigenvalue weighted by Crippen LogP contribution is 2.23. The predicted molar refractivity (Wildman–Crippen MR) is 37.1 cm³/mol. The summed E-state index contributed by atoms with van der Waals surface area (Å²) in [5.74, 6) is 0.514. The molecule has 1 heterocycles. The third kappa shape index (κ3) is 1.10. The molecule has 2 N–H and O–H groups in total. The quantitative estimate of drug-likeness (QED) is 0.524. The van der Waals surface area contributed by atoms with Gasteiger partial charge in [0.05, 0.1) is 12.2 Å². The fourth-order valence-corrected chi connectivity index (χ4v) is 1.29. The standard InChI is InChI=1S/C7H15NO/c1-4-5(2)9-6(3)7(4)8/h4-7H,8H2,1-3H3. The summed E-state index contributed by atoms with van der Waals surface area (Å²) in [5.41, 5.74) is 5.79. The van der Waals surface area contributed by atoms with Crippen LogP contribution in [0.1, 0.15) is 20.8 Å². The van der Waals surface area contributed by atoms with Gasteiger partial charge in [-0.1, -0.05) is 6.92 Å². The maximum atomic E-state index is 5.79. The number of rotatable bonds is 0. The predicted octanol–water partition coefficient (Wildman–Crippen LogP) is 0.757. The fraction of sp³-hybridized carbons (Fsp3) is 1.00. The second kappa shape index (κ2) is 2.27. The highest BCUT2D eigenvalue weighted by Gasteiger charge is 2.33. The van der Waals surface area contributed by atoms with Crippen molar-refractivity contribution in [1.29, 1.82) is 0 Å². The molecule has 0 radical (unpaired) electrons. The summed E-state index contributed by atoms with van der Waals surface area (Å²) < 4.78 is 5.46. The lowest BCUT2D eigenvalue weighted by Crippen LogP contribution is -2.32. The van der Waals surface area contributed by atoms with E-state index in [-0.39, 0.29) is 12.1 Å². The summed E-state index contributed by atoms with van der Waals surface area (Å²) in [6.45, 7) is 6.25. The highest BCUT2D eigenvalue weighted by molar-refractivity contribution is 4.86. The van der Waals surface area contributed by atoms with Gasteiger partial charge in [-0.2, -0.15) is 0 Å². The zero-order chi connectivity index (χ0) is 7.02. The van der Waals surface area contributed by atoms with E-state index in [1.807, 2.05) is 6.92 Å².